The van der Waals surface area contributed by atoms with Gasteiger partial charge >= 0.3 is 5.88 Å². The van der Waals surface area contributed by atoms with Gasteiger partial charge in [-0.25, -0.2) is 19.3 Å². The molecule has 0 aromatic carbocycles. The van der Waals surface area contributed by atoms with Crippen LogP contribution in [0.5, 0.6) is 0 Å². The van der Waals surface area contributed by atoms with E-state index < -0.39 is 16.6 Å². The first kappa shape index (κ1) is 14.8. The molecule has 0 saturated carbocycles. The molecule has 4 heterocycles. The van der Waals surface area contributed by atoms with Crippen molar-refractivity contribution in [1.29, 1.82) is 0 Å². The Bertz CT molecular complexity index is 1120. The first-order valence-corrected chi connectivity index (χ1v) is 7.03. The Balaban J connectivity index is 1.86. The van der Waals surface area contributed by atoms with Crippen molar-refractivity contribution in [2.75, 3.05) is 5.73 Å². The smallest absolute Gasteiger partial charge is 0.399 e. The molecule has 25 heavy (non-hydrogen) atoms. The Morgan fingerprint density at radius 3 is 2.88 bits per heavy atom. The van der Waals surface area contributed by atoms with Crippen molar-refractivity contribution in [3.8, 4) is 22.8 Å². The van der Waals surface area contributed by atoms with Gasteiger partial charge in [0, 0.05) is 23.2 Å². The van der Waals surface area contributed by atoms with Crippen LogP contribution in [0.1, 0.15) is 0 Å². The first-order chi connectivity index (χ1) is 12.0. The molecule has 0 aliphatic carbocycles. The molecule has 4 aromatic heterocycles. The summed E-state index contributed by atoms with van der Waals surface area (Å²) >= 11 is 0. The number of hydrogen-bond acceptors (Lipinski definition) is 7. The highest BCUT2D eigenvalue weighted by Gasteiger charge is 2.17. The molecule has 9 nitrogen and oxygen atoms in total. The molecule has 0 aliphatic rings. The number of nitrogens with two attached hydrogens (primary N) is 1. The zero-order valence-corrected chi connectivity index (χ0v) is 12.4. The number of nitrogens with one attached hydrogen (secondary N) is 1. The number of fused-ring (bicyclic) bond motifs is 1. The van der Waals surface area contributed by atoms with Gasteiger partial charge in [-0.3, -0.25) is 10.1 Å². The summed E-state index contributed by atoms with van der Waals surface area (Å²) in [6, 6.07) is 5.37. The number of nitrogens with zero attached hydrogens (tertiary/aromatic N) is 4. The second-order valence-corrected chi connectivity index (χ2v) is 5.15. The van der Waals surface area contributed by atoms with Crippen LogP contribution in [0.15, 0.2) is 41.1 Å². The van der Waals surface area contributed by atoms with Crippen LogP contribution >= 0.6 is 0 Å². The average Bonchev–Trinajstić information content (AvgIpc) is 3.21. The molecule has 0 fully saturated rings. The number of aromatic nitrogens is 4. The lowest BCUT2D eigenvalue weighted by Crippen LogP contribution is -1.97. The molecule has 0 aliphatic heterocycles. The van der Waals surface area contributed by atoms with E-state index in [2.05, 4.69) is 19.9 Å². The van der Waals surface area contributed by atoms with Crippen LogP contribution in [0.4, 0.5) is 16.1 Å². The molecular weight excluding hydrogens is 331 g/mol. The summed E-state index contributed by atoms with van der Waals surface area (Å²) in [7, 11) is 0. The summed E-state index contributed by atoms with van der Waals surface area (Å²) in [5.74, 6) is -0.386. The van der Waals surface area contributed by atoms with E-state index in [1.807, 2.05) is 0 Å². The third kappa shape index (κ3) is 2.55. The molecule has 0 spiro atoms. The predicted octanol–water partition coefficient (Wildman–Crippen LogP) is 2.91. The summed E-state index contributed by atoms with van der Waals surface area (Å²) in [5, 5.41) is 11.2. The van der Waals surface area contributed by atoms with Crippen LogP contribution in [-0.2, 0) is 0 Å². The van der Waals surface area contributed by atoms with Crippen molar-refractivity contribution in [2.45, 2.75) is 0 Å². The summed E-state index contributed by atoms with van der Waals surface area (Å²) in [4.78, 5) is 25.4. The number of nitro groups is 1. The maximum Gasteiger partial charge on any atom is 0.433 e. The van der Waals surface area contributed by atoms with Gasteiger partial charge in [0.15, 0.2) is 11.6 Å². The third-order valence-electron chi connectivity index (χ3n) is 3.51. The van der Waals surface area contributed by atoms with E-state index >= 15 is 0 Å². The minimum Gasteiger partial charge on any atom is -0.399 e. The maximum atomic E-state index is 13.5. The van der Waals surface area contributed by atoms with E-state index in [1.54, 1.807) is 6.20 Å². The maximum absolute atomic E-state index is 13.5. The van der Waals surface area contributed by atoms with E-state index in [4.69, 9.17) is 10.2 Å². The van der Waals surface area contributed by atoms with Gasteiger partial charge in [0.2, 0.25) is 0 Å². The van der Waals surface area contributed by atoms with Crippen LogP contribution in [0.25, 0.3) is 33.9 Å². The number of rotatable bonds is 3. The number of halogens is 1. The molecule has 0 amide bonds. The summed E-state index contributed by atoms with van der Waals surface area (Å²) in [6.07, 6.45) is 2.68. The largest absolute Gasteiger partial charge is 0.433 e. The molecular formula is C15H9FN6O3. The molecule has 124 valence electrons. The first-order valence-electron chi connectivity index (χ1n) is 7.03. The number of anilines is 1. The number of aromatic amines is 1. The number of furan rings is 1. The van der Waals surface area contributed by atoms with E-state index in [0.717, 1.165) is 6.20 Å². The Morgan fingerprint density at radius 1 is 1.28 bits per heavy atom. The van der Waals surface area contributed by atoms with Crippen molar-refractivity contribution >= 4 is 22.7 Å². The van der Waals surface area contributed by atoms with Crippen LogP contribution in [0.2, 0.25) is 0 Å². The quantitative estimate of drug-likeness (QED) is 0.432. The van der Waals surface area contributed by atoms with Gasteiger partial charge in [-0.15, -0.1) is 0 Å². The summed E-state index contributed by atoms with van der Waals surface area (Å²) in [5.41, 5.74) is 7.06. The SMILES string of the molecule is Nc1cc(-c2ccc([N+](=O)[O-])o2)nc(-c2c[nH]c3ncc(F)cc23)n1. The van der Waals surface area contributed by atoms with Gasteiger partial charge in [0.05, 0.1) is 12.3 Å². The summed E-state index contributed by atoms with van der Waals surface area (Å²) < 4.78 is 18.6. The highest BCUT2D eigenvalue weighted by atomic mass is 19.1. The van der Waals surface area contributed by atoms with Gasteiger partial charge < -0.3 is 15.1 Å². The van der Waals surface area contributed by atoms with Gasteiger partial charge in [-0.05, 0) is 12.1 Å². The Morgan fingerprint density at radius 2 is 2.12 bits per heavy atom. The zero-order valence-electron chi connectivity index (χ0n) is 12.4. The van der Waals surface area contributed by atoms with Crippen molar-refractivity contribution in [2.24, 2.45) is 0 Å². The molecule has 4 aromatic rings. The van der Waals surface area contributed by atoms with E-state index in [0.29, 0.717) is 16.6 Å². The molecule has 0 atom stereocenters. The lowest BCUT2D eigenvalue weighted by atomic mass is 10.2. The summed E-state index contributed by atoms with van der Waals surface area (Å²) in [6.45, 7) is 0. The normalized spacial score (nSPS) is 11.1. The van der Waals surface area contributed by atoms with Crippen LogP contribution in [0.3, 0.4) is 0 Å². The molecule has 10 heteroatoms. The van der Waals surface area contributed by atoms with E-state index in [9.17, 15) is 14.5 Å². The van der Waals surface area contributed by atoms with Crippen LogP contribution in [0, 0.1) is 15.9 Å². The Hall–Kier alpha value is -3.82. The fourth-order valence-electron chi connectivity index (χ4n) is 2.44. The Kier molecular flexibility index (Phi) is 3.17. The zero-order chi connectivity index (χ0) is 17.6. The molecule has 3 N–H and O–H groups in total. The minimum absolute atomic E-state index is 0.137. The highest BCUT2D eigenvalue weighted by Crippen LogP contribution is 2.30. The fraction of sp³-hybridized carbons (Fsp3) is 0. The molecule has 0 unspecified atom stereocenters. The molecule has 0 saturated heterocycles. The predicted molar refractivity (Wildman–Crippen MR) is 85.8 cm³/mol. The van der Waals surface area contributed by atoms with Crippen molar-refractivity contribution in [3.63, 3.8) is 0 Å². The fourth-order valence-corrected chi connectivity index (χ4v) is 2.44. The standard InChI is InChI=1S/C15H9FN6O3/c16-7-3-8-9(6-19-14(8)18-5-7)15-20-10(4-12(17)21-15)11-1-2-13(25-11)22(23)24/h1-6H,(H,18,19)(H2,17,20,21). The molecule has 0 radical (unpaired) electrons. The minimum atomic E-state index is -0.650. The number of hydrogen-bond donors (Lipinski definition) is 2. The monoisotopic (exact) mass is 340 g/mol. The second-order valence-electron chi connectivity index (χ2n) is 5.15. The van der Waals surface area contributed by atoms with Crippen molar-refractivity contribution in [3.05, 3.63) is 52.6 Å². The highest BCUT2D eigenvalue weighted by molar-refractivity contribution is 5.91. The second kappa shape index (κ2) is 5.37. The lowest BCUT2D eigenvalue weighted by Gasteiger charge is -2.03. The van der Waals surface area contributed by atoms with Crippen LogP contribution in [-0.4, -0.2) is 24.9 Å². The number of H-pyrrole nitrogens is 1. The number of pyridine rings is 1. The lowest BCUT2D eigenvalue weighted by molar-refractivity contribution is -0.401. The van der Waals surface area contributed by atoms with Gasteiger partial charge in [-0.2, -0.15) is 0 Å². The van der Waals surface area contributed by atoms with Crippen molar-refractivity contribution in [1.82, 2.24) is 19.9 Å². The van der Waals surface area contributed by atoms with Crippen LogP contribution < -0.4 is 5.73 Å². The van der Waals surface area contributed by atoms with E-state index in [-0.39, 0.29) is 23.1 Å². The number of nitrogen functional groups attached to an aromatic ring is 1. The van der Waals surface area contributed by atoms with Gasteiger partial charge in [0.1, 0.15) is 27.9 Å². The molecule has 4 rings (SSSR count). The van der Waals surface area contributed by atoms with Gasteiger partial charge in [-0.1, -0.05) is 0 Å². The van der Waals surface area contributed by atoms with Crippen molar-refractivity contribution < 1.29 is 13.7 Å². The Labute approximate surface area is 138 Å². The van der Waals surface area contributed by atoms with E-state index in [1.165, 1.54) is 24.3 Å². The van der Waals surface area contributed by atoms with Gasteiger partial charge in [0.25, 0.3) is 0 Å². The average molecular weight is 340 g/mol. The molecule has 0 bridgehead atoms. The third-order valence-corrected chi connectivity index (χ3v) is 3.51. The topological polar surface area (TPSA) is 137 Å².